The zero-order chi connectivity index (χ0) is 12.7. The Morgan fingerprint density at radius 1 is 1.33 bits per heavy atom. The summed E-state index contributed by atoms with van der Waals surface area (Å²) in [5, 5.41) is 7.96. The van der Waals surface area contributed by atoms with Gasteiger partial charge in [0.2, 0.25) is 0 Å². The Hall–Kier alpha value is -2.43. The molecule has 0 radical (unpaired) electrons. The van der Waals surface area contributed by atoms with Gasteiger partial charge in [0.1, 0.15) is 11.6 Å². The molecule has 0 aliphatic rings. The van der Waals surface area contributed by atoms with Crippen LogP contribution < -0.4 is 10.5 Å². The predicted molar refractivity (Wildman–Crippen MR) is 71.6 cm³/mol. The van der Waals surface area contributed by atoms with Crippen molar-refractivity contribution in [2.24, 2.45) is 0 Å². The molecule has 5 nitrogen and oxygen atoms in total. The molecule has 92 valence electrons. The molecular formula is C13H14N4O. The van der Waals surface area contributed by atoms with Crippen molar-refractivity contribution in [3.05, 3.63) is 30.0 Å². The highest BCUT2D eigenvalue weighted by molar-refractivity contribution is 6.01. The van der Waals surface area contributed by atoms with Gasteiger partial charge in [0, 0.05) is 17.3 Å². The summed E-state index contributed by atoms with van der Waals surface area (Å²) in [5.41, 5.74) is 9.69. The molecule has 3 aromatic rings. The van der Waals surface area contributed by atoms with E-state index in [2.05, 4.69) is 15.2 Å². The monoisotopic (exact) mass is 242 g/mol. The van der Waals surface area contributed by atoms with Crippen LogP contribution in [0.15, 0.2) is 24.3 Å². The highest BCUT2D eigenvalue weighted by atomic mass is 16.5. The minimum absolute atomic E-state index is 0.480. The predicted octanol–water partition coefficient (Wildman–Crippen LogP) is 2.46. The molecule has 0 aliphatic heterocycles. The van der Waals surface area contributed by atoms with E-state index in [1.165, 1.54) is 0 Å². The fraction of sp³-hybridized carbons (Fsp3) is 0.154. The van der Waals surface area contributed by atoms with Crippen LogP contribution in [0.5, 0.6) is 5.75 Å². The van der Waals surface area contributed by atoms with Crippen molar-refractivity contribution in [3.63, 3.8) is 0 Å². The van der Waals surface area contributed by atoms with E-state index in [4.69, 9.17) is 10.5 Å². The number of nitrogens with zero attached hydrogens (tertiary/aromatic N) is 1. The lowest BCUT2D eigenvalue weighted by Crippen LogP contribution is -1.85. The van der Waals surface area contributed by atoms with Gasteiger partial charge in [-0.25, -0.2) is 0 Å². The molecule has 0 unspecified atom stereocenters. The third-order valence-corrected chi connectivity index (χ3v) is 3.06. The first-order chi connectivity index (χ1) is 8.70. The molecule has 3 rings (SSSR count). The number of hydrogen-bond donors (Lipinski definition) is 3. The highest BCUT2D eigenvalue weighted by Gasteiger charge is 2.15. The first-order valence-electron chi connectivity index (χ1n) is 5.67. The summed E-state index contributed by atoms with van der Waals surface area (Å²) in [6.45, 7) is 2.02. The van der Waals surface area contributed by atoms with Crippen LogP contribution >= 0.6 is 0 Å². The van der Waals surface area contributed by atoms with Gasteiger partial charge in [-0.05, 0) is 19.1 Å². The lowest BCUT2D eigenvalue weighted by molar-refractivity contribution is 0.420. The number of nitrogen functional groups attached to an aromatic ring is 1. The molecule has 0 fully saturated rings. The van der Waals surface area contributed by atoms with Gasteiger partial charge < -0.3 is 15.5 Å². The number of aromatic nitrogens is 3. The van der Waals surface area contributed by atoms with Crippen molar-refractivity contribution < 1.29 is 4.74 Å². The normalized spacial score (nSPS) is 11.0. The van der Waals surface area contributed by atoms with Gasteiger partial charge in [0.05, 0.1) is 23.7 Å². The summed E-state index contributed by atoms with van der Waals surface area (Å²) in [7, 11) is 1.67. The molecule has 0 saturated carbocycles. The average molecular weight is 242 g/mol. The van der Waals surface area contributed by atoms with Crippen LogP contribution in [0.3, 0.4) is 0 Å². The number of fused-ring (bicyclic) bond motifs is 1. The van der Waals surface area contributed by atoms with Crippen molar-refractivity contribution in [3.8, 4) is 17.0 Å². The van der Waals surface area contributed by atoms with Gasteiger partial charge in [0.15, 0.2) is 0 Å². The molecule has 4 N–H and O–H groups in total. The third-order valence-electron chi connectivity index (χ3n) is 3.06. The molecule has 5 heteroatoms. The Balaban J connectivity index is 2.37. The number of H-pyrrole nitrogens is 2. The quantitative estimate of drug-likeness (QED) is 0.645. The van der Waals surface area contributed by atoms with Crippen LogP contribution in [0, 0.1) is 6.92 Å². The van der Waals surface area contributed by atoms with Crippen LogP contribution in [0.2, 0.25) is 0 Å². The standard InChI is InChI=1S/C13H14N4O/c1-7-12(9-6-11(14)17-16-9)13-8(15-7)4-3-5-10(13)18-2/h3-6,15H,1-2H3,(H3,14,16,17). The summed E-state index contributed by atoms with van der Waals surface area (Å²) in [6.07, 6.45) is 0. The maximum atomic E-state index is 5.67. The molecule has 0 atom stereocenters. The van der Waals surface area contributed by atoms with Gasteiger partial charge >= 0.3 is 0 Å². The maximum absolute atomic E-state index is 5.67. The number of hydrogen-bond acceptors (Lipinski definition) is 3. The second-order valence-corrected chi connectivity index (χ2v) is 4.21. The largest absolute Gasteiger partial charge is 0.496 e. The topological polar surface area (TPSA) is 79.7 Å². The molecule has 0 bridgehead atoms. The number of nitrogens with one attached hydrogen (secondary N) is 2. The zero-order valence-electron chi connectivity index (χ0n) is 10.2. The Labute approximate surface area is 104 Å². The van der Waals surface area contributed by atoms with Crippen molar-refractivity contribution in [1.82, 2.24) is 15.2 Å². The summed E-state index contributed by atoms with van der Waals surface area (Å²) in [5.74, 6) is 1.31. The van der Waals surface area contributed by atoms with E-state index >= 15 is 0 Å². The fourth-order valence-electron chi connectivity index (χ4n) is 2.32. The van der Waals surface area contributed by atoms with Gasteiger partial charge in [-0.3, -0.25) is 5.10 Å². The molecular weight excluding hydrogens is 228 g/mol. The molecule has 0 spiro atoms. The highest BCUT2D eigenvalue weighted by Crippen LogP contribution is 2.37. The number of aromatic amines is 2. The number of benzene rings is 1. The van der Waals surface area contributed by atoms with Crippen molar-refractivity contribution >= 4 is 16.7 Å². The van der Waals surface area contributed by atoms with Gasteiger partial charge in [-0.1, -0.05) is 6.07 Å². The van der Waals surface area contributed by atoms with E-state index in [0.717, 1.165) is 33.6 Å². The van der Waals surface area contributed by atoms with E-state index in [9.17, 15) is 0 Å². The number of anilines is 1. The zero-order valence-corrected chi connectivity index (χ0v) is 10.2. The van der Waals surface area contributed by atoms with Crippen LogP contribution in [-0.2, 0) is 0 Å². The number of methoxy groups -OCH3 is 1. The second kappa shape index (κ2) is 3.80. The molecule has 0 amide bonds. The van der Waals surface area contributed by atoms with Gasteiger partial charge in [-0.2, -0.15) is 5.10 Å². The molecule has 0 saturated heterocycles. The van der Waals surface area contributed by atoms with Gasteiger partial charge in [0.25, 0.3) is 0 Å². The van der Waals surface area contributed by atoms with Gasteiger partial charge in [-0.15, -0.1) is 0 Å². The SMILES string of the molecule is COc1cccc2[nH]c(C)c(-c3cc(N)n[nH]3)c12. The van der Waals surface area contributed by atoms with Crippen molar-refractivity contribution in [2.45, 2.75) is 6.92 Å². The lowest BCUT2D eigenvalue weighted by atomic mass is 10.1. The maximum Gasteiger partial charge on any atom is 0.145 e. The minimum Gasteiger partial charge on any atom is -0.496 e. The second-order valence-electron chi connectivity index (χ2n) is 4.21. The Morgan fingerprint density at radius 3 is 2.83 bits per heavy atom. The summed E-state index contributed by atoms with van der Waals surface area (Å²) < 4.78 is 5.42. The number of nitrogens with two attached hydrogens (primary N) is 1. The molecule has 1 aromatic carbocycles. The van der Waals surface area contributed by atoms with Crippen LogP contribution in [0.25, 0.3) is 22.2 Å². The lowest BCUT2D eigenvalue weighted by Gasteiger charge is -2.03. The molecule has 18 heavy (non-hydrogen) atoms. The van der Waals surface area contributed by atoms with Crippen molar-refractivity contribution in [1.29, 1.82) is 0 Å². The van der Waals surface area contributed by atoms with E-state index in [1.807, 2.05) is 31.2 Å². The first kappa shape index (κ1) is 10.7. The molecule has 2 heterocycles. The molecule has 2 aromatic heterocycles. The Kier molecular flexibility index (Phi) is 2.26. The summed E-state index contributed by atoms with van der Waals surface area (Å²) >= 11 is 0. The Bertz CT molecular complexity index is 711. The first-order valence-corrected chi connectivity index (χ1v) is 5.67. The smallest absolute Gasteiger partial charge is 0.145 e. The summed E-state index contributed by atoms with van der Waals surface area (Å²) in [4.78, 5) is 3.34. The fourth-order valence-corrected chi connectivity index (χ4v) is 2.32. The number of aryl methyl sites for hydroxylation is 1. The third kappa shape index (κ3) is 1.44. The Morgan fingerprint density at radius 2 is 2.17 bits per heavy atom. The van der Waals surface area contributed by atoms with E-state index in [1.54, 1.807) is 7.11 Å². The minimum atomic E-state index is 0.480. The number of rotatable bonds is 2. The average Bonchev–Trinajstić information content (AvgIpc) is 2.91. The summed E-state index contributed by atoms with van der Waals surface area (Å²) in [6, 6.07) is 7.75. The van der Waals surface area contributed by atoms with Crippen LogP contribution in [0.4, 0.5) is 5.82 Å². The molecule has 0 aliphatic carbocycles. The van der Waals surface area contributed by atoms with Crippen molar-refractivity contribution in [2.75, 3.05) is 12.8 Å². The van der Waals surface area contributed by atoms with E-state index in [0.29, 0.717) is 5.82 Å². The van der Waals surface area contributed by atoms with E-state index < -0.39 is 0 Å². The van der Waals surface area contributed by atoms with Crippen LogP contribution in [-0.4, -0.2) is 22.3 Å². The van der Waals surface area contributed by atoms with E-state index in [-0.39, 0.29) is 0 Å². The van der Waals surface area contributed by atoms with Crippen LogP contribution in [0.1, 0.15) is 5.69 Å². The number of ether oxygens (including phenoxy) is 1.